The van der Waals surface area contributed by atoms with Crippen LogP contribution in [0.3, 0.4) is 0 Å². The number of hydrogen-bond acceptors (Lipinski definition) is 6. The minimum absolute atomic E-state index is 0.172. The summed E-state index contributed by atoms with van der Waals surface area (Å²) in [6.45, 7) is 3.63. The maximum atomic E-state index is 13.2. The van der Waals surface area contributed by atoms with E-state index < -0.39 is 0 Å². The lowest BCUT2D eigenvalue weighted by atomic mass is 9.98. The highest BCUT2D eigenvalue weighted by Crippen LogP contribution is 2.36. The molecule has 0 saturated carbocycles. The summed E-state index contributed by atoms with van der Waals surface area (Å²) < 4.78 is 2.13. The number of carbonyl (C=O) groups excluding carboxylic acids is 1. The molecular formula is C24H24N4OS3. The fourth-order valence-corrected chi connectivity index (χ4v) is 6.71. The summed E-state index contributed by atoms with van der Waals surface area (Å²) in [5.41, 5.74) is 2.51. The average Bonchev–Trinajstić information content (AvgIpc) is 3.58. The SMILES string of the molecule is CCC1c2ccsc2CCN1C(=O)CSc1nnc(-c2cccs2)n1Cc1ccccc1. The number of thioether (sulfide) groups is 1. The molecule has 1 aliphatic heterocycles. The zero-order valence-corrected chi connectivity index (χ0v) is 20.3. The van der Waals surface area contributed by atoms with Gasteiger partial charge in [0.05, 0.1) is 23.2 Å². The predicted molar refractivity (Wildman–Crippen MR) is 132 cm³/mol. The van der Waals surface area contributed by atoms with Crippen molar-refractivity contribution in [1.82, 2.24) is 19.7 Å². The van der Waals surface area contributed by atoms with Crippen LogP contribution in [0.1, 0.15) is 35.4 Å². The van der Waals surface area contributed by atoms with Crippen molar-refractivity contribution in [2.45, 2.75) is 37.5 Å². The molecule has 1 aromatic carbocycles. The van der Waals surface area contributed by atoms with E-state index in [9.17, 15) is 4.79 Å². The second kappa shape index (κ2) is 9.60. The van der Waals surface area contributed by atoms with E-state index in [1.807, 2.05) is 41.0 Å². The zero-order valence-electron chi connectivity index (χ0n) is 17.8. The Balaban J connectivity index is 1.36. The van der Waals surface area contributed by atoms with Crippen LogP contribution >= 0.6 is 34.4 Å². The van der Waals surface area contributed by atoms with E-state index in [2.05, 4.69) is 56.2 Å². The van der Waals surface area contributed by atoms with Crippen molar-refractivity contribution >= 4 is 40.3 Å². The smallest absolute Gasteiger partial charge is 0.233 e. The van der Waals surface area contributed by atoms with Gasteiger partial charge in [0, 0.05) is 11.4 Å². The molecule has 0 bridgehead atoms. The Labute approximate surface area is 200 Å². The van der Waals surface area contributed by atoms with Crippen LogP contribution in [-0.2, 0) is 17.8 Å². The molecule has 0 fully saturated rings. The minimum atomic E-state index is 0.172. The first-order chi connectivity index (χ1) is 15.7. The van der Waals surface area contributed by atoms with Crippen molar-refractivity contribution < 1.29 is 4.79 Å². The number of nitrogens with zero attached hydrogens (tertiary/aromatic N) is 4. The molecule has 164 valence electrons. The Hall–Kier alpha value is -2.42. The second-order valence-electron chi connectivity index (χ2n) is 7.70. The summed E-state index contributed by atoms with van der Waals surface area (Å²) in [6, 6.07) is 16.8. The van der Waals surface area contributed by atoms with Crippen LogP contribution in [0.5, 0.6) is 0 Å². The van der Waals surface area contributed by atoms with Crippen LogP contribution < -0.4 is 0 Å². The lowest BCUT2D eigenvalue weighted by molar-refractivity contribution is -0.131. The first kappa shape index (κ1) is 21.4. The largest absolute Gasteiger partial charge is 0.335 e. The van der Waals surface area contributed by atoms with E-state index in [1.54, 1.807) is 11.3 Å². The number of thiophene rings is 2. The lowest BCUT2D eigenvalue weighted by Crippen LogP contribution is -2.40. The lowest BCUT2D eigenvalue weighted by Gasteiger charge is -2.35. The quantitative estimate of drug-likeness (QED) is 0.316. The van der Waals surface area contributed by atoms with Gasteiger partial charge in [0.25, 0.3) is 0 Å². The molecule has 4 aromatic rings. The number of rotatable bonds is 7. The number of amides is 1. The maximum Gasteiger partial charge on any atom is 0.233 e. The van der Waals surface area contributed by atoms with Crippen LogP contribution in [0.25, 0.3) is 10.7 Å². The summed E-state index contributed by atoms with van der Waals surface area (Å²) >= 11 is 4.95. The summed E-state index contributed by atoms with van der Waals surface area (Å²) in [5, 5.41) is 13.9. The minimum Gasteiger partial charge on any atom is -0.335 e. The molecule has 5 rings (SSSR count). The molecule has 1 aliphatic rings. The molecular weight excluding hydrogens is 456 g/mol. The molecule has 1 atom stereocenters. The van der Waals surface area contributed by atoms with Crippen LogP contribution in [0.15, 0.2) is 64.4 Å². The predicted octanol–water partition coefficient (Wildman–Crippen LogP) is 5.74. The first-order valence-electron chi connectivity index (χ1n) is 10.7. The van der Waals surface area contributed by atoms with E-state index in [1.165, 1.54) is 27.8 Å². The average molecular weight is 481 g/mol. The fourth-order valence-electron chi connectivity index (χ4n) is 4.24. The second-order valence-corrected chi connectivity index (χ2v) is 10.6. The van der Waals surface area contributed by atoms with Crippen molar-refractivity contribution in [1.29, 1.82) is 0 Å². The maximum absolute atomic E-state index is 13.2. The molecule has 4 heterocycles. The third kappa shape index (κ3) is 4.27. The van der Waals surface area contributed by atoms with Gasteiger partial charge in [0.2, 0.25) is 5.91 Å². The number of fused-ring (bicyclic) bond motifs is 1. The summed E-state index contributed by atoms with van der Waals surface area (Å²) in [6.07, 6.45) is 1.89. The van der Waals surface area contributed by atoms with Crippen molar-refractivity contribution in [2.24, 2.45) is 0 Å². The molecule has 32 heavy (non-hydrogen) atoms. The van der Waals surface area contributed by atoms with Gasteiger partial charge < -0.3 is 4.90 Å². The monoisotopic (exact) mass is 480 g/mol. The highest BCUT2D eigenvalue weighted by Gasteiger charge is 2.30. The molecule has 1 amide bonds. The molecule has 0 N–H and O–H groups in total. The third-order valence-corrected chi connectivity index (χ3v) is 8.58. The molecule has 0 spiro atoms. The summed E-state index contributed by atoms with van der Waals surface area (Å²) in [7, 11) is 0. The Morgan fingerprint density at radius 3 is 2.75 bits per heavy atom. The van der Waals surface area contributed by atoms with Crippen molar-refractivity contribution in [3.8, 4) is 10.7 Å². The molecule has 1 unspecified atom stereocenters. The summed E-state index contributed by atoms with van der Waals surface area (Å²) in [5.74, 6) is 1.39. The molecule has 8 heteroatoms. The van der Waals surface area contributed by atoms with Gasteiger partial charge in [-0.25, -0.2) is 0 Å². The number of carbonyl (C=O) groups is 1. The first-order valence-corrected chi connectivity index (χ1v) is 13.5. The van der Waals surface area contributed by atoms with Gasteiger partial charge in [-0.2, -0.15) is 0 Å². The highest BCUT2D eigenvalue weighted by atomic mass is 32.2. The topological polar surface area (TPSA) is 51.0 Å². The molecule has 0 aliphatic carbocycles. The van der Waals surface area contributed by atoms with Gasteiger partial charge in [0.1, 0.15) is 0 Å². The molecule has 0 radical (unpaired) electrons. The molecule has 0 saturated heterocycles. The van der Waals surface area contributed by atoms with Crippen LogP contribution in [0, 0.1) is 0 Å². The van der Waals surface area contributed by atoms with E-state index in [0.717, 1.165) is 35.2 Å². The number of aromatic nitrogens is 3. The van der Waals surface area contributed by atoms with Gasteiger partial charge >= 0.3 is 0 Å². The standard InChI is InChI=1S/C24H24N4OS3/c1-2-19-18-11-14-31-20(18)10-12-27(19)22(29)16-32-24-26-25-23(21-9-6-13-30-21)28(24)15-17-7-4-3-5-8-17/h3-9,11,13-14,19H,2,10,12,15-16H2,1H3. The van der Waals surface area contributed by atoms with Crippen LogP contribution in [0.4, 0.5) is 0 Å². The van der Waals surface area contributed by atoms with Crippen molar-refractivity contribution in [2.75, 3.05) is 12.3 Å². The van der Waals surface area contributed by atoms with Crippen LogP contribution in [-0.4, -0.2) is 37.9 Å². The Kier molecular flexibility index (Phi) is 6.43. The highest BCUT2D eigenvalue weighted by molar-refractivity contribution is 7.99. The van der Waals surface area contributed by atoms with Crippen molar-refractivity contribution in [3.05, 3.63) is 75.3 Å². The molecule has 5 nitrogen and oxygen atoms in total. The van der Waals surface area contributed by atoms with Gasteiger partial charge in [0.15, 0.2) is 11.0 Å². The third-order valence-electron chi connectivity index (χ3n) is 5.77. The van der Waals surface area contributed by atoms with Gasteiger partial charge in [-0.15, -0.1) is 32.9 Å². The number of benzene rings is 1. The van der Waals surface area contributed by atoms with Gasteiger partial charge in [-0.05, 0) is 46.9 Å². The number of hydrogen-bond donors (Lipinski definition) is 0. The van der Waals surface area contributed by atoms with E-state index in [0.29, 0.717) is 12.3 Å². The van der Waals surface area contributed by atoms with Gasteiger partial charge in [-0.3, -0.25) is 9.36 Å². The van der Waals surface area contributed by atoms with E-state index in [4.69, 9.17) is 0 Å². The normalized spacial score (nSPS) is 15.7. The Morgan fingerprint density at radius 1 is 1.09 bits per heavy atom. The van der Waals surface area contributed by atoms with Crippen LogP contribution in [0.2, 0.25) is 0 Å². The van der Waals surface area contributed by atoms with Gasteiger partial charge in [-0.1, -0.05) is 55.1 Å². The zero-order chi connectivity index (χ0) is 21.9. The van der Waals surface area contributed by atoms with E-state index in [-0.39, 0.29) is 11.9 Å². The van der Waals surface area contributed by atoms with Crippen molar-refractivity contribution in [3.63, 3.8) is 0 Å². The Morgan fingerprint density at radius 2 is 1.97 bits per heavy atom. The summed E-state index contributed by atoms with van der Waals surface area (Å²) in [4.78, 5) is 17.8. The Bertz CT molecular complexity index is 1180. The van der Waals surface area contributed by atoms with E-state index >= 15 is 0 Å². The fraction of sp³-hybridized carbons (Fsp3) is 0.292. The molecule has 3 aromatic heterocycles.